The van der Waals surface area contributed by atoms with E-state index in [4.69, 9.17) is 25.8 Å². The fraction of sp³-hybridized carbons (Fsp3) is 0.235. The van der Waals surface area contributed by atoms with Crippen LogP contribution < -0.4 is 19.5 Å². The van der Waals surface area contributed by atoms with Gasteiger partial charge in [0.1, 0.15) is 5.56 Å². The van der Waals surface area contributed by atoms with Crippen LogP contribution in [0.1, 0.15) is 15.9 Å². The van der Waals surface area contributed by atoms with Crippen LogP contribution in [-0.2, 0) is 6.54 Å². The van der Waals surface area contributed by atoms with Crippen LogP contribution >= 0.6 is 11.6 Å². The van der Waals surface area contributed by atoms with Crippen LogP contribution in [0.2, 0.25) is 5.02 Å². The van der Waals surface area contributed by atoms with Crippen molar-refractivity contribution in [3.63, 3.8) is 0 Å². The third kappa shape index (κ3) is 3.80. The zero-order valence-electron chi connectivity index (χ0n) is 14.4. The van der Waals surface area contributed by atoms with Crippen molar-refractivity contribution in [2.45, 2.75) is 6.54 Å². The van der Waals surface area contributed by atoms with Gasteiger partial charge in [0, 0.05) is 17.6 Å². The van der Waals surface area contributed by atoms with Crippen molar-refractivity contribution in [1.82, 2.24) is 5.32 Å². The fourth-order valence-electron chi connectivity index (χ4n) is 2.41. The minimum Gasteiger partial charge on any atom is -0.493 e. The largest absolute Gasteiger partial charge is 0.493 e. The second-order valence-corrected chi connectivity index (χ2v) is 5.48. The molecule has 2 aromatic carbocycles. The van der Waals surface area contributed by atoms with E-state index in [-0.39, 0.29) is 29.4 Å². The number of nitro benzene ring substituents is 1. The Bertz CT molecular complexity index is 840. The molecule has 2 aromatic rings. The summed E-state index contributed by atoms with van der Waals surface area (Å²) in [6.45, 7) is 0.103. The molecule has 0 fully saturated rings. The lowest BCUT2D eigenvalue weighted by atomic mass is 10.1. The Morgan fingerprint density at radius 3 is 2.35 bits per heavy atom. The van der Waals surface area contributed by atoms with Gasteiger partial charge in [0.2, 0.25) is 11.5 Å². The molecular weight excluding hydrogens is 364 g/mol. The zero-order chi connectivity index (χ0) is 19.3. The van der Waals surface area contributed by atoms with E-state index in [2.05, 4.69) is 5.32 Å². The third-order valence-electron chi connectivity index (χ3n) is 3.63. The van der Waals surface area contributed by atoms with Gasteiger partial charge < -0.3 is 19.5 Å². The Morgan fingerprint density at radius 2 is 1.81 bits per heavy atom. The molecule has 0 radical (unpaired) electrons. The van der Waals surface area contributed by atoms with Crippen LogP contribution in [0.15, 0.2) is 30.3 Å². The van der Waals surface area contributed by atoms with Crippen LogP contribution in [0.5, 0.6) is 17.2 Å². The SMILES string of the molecule is COc1cc(C(=O)NCc2ccccc2Cl)c([N+](=O)[O-])c(OC)c1OC. The lowest BCUT2D eigenvalue weighted by molar-refractivity contribution is -0.386. The first-order chi connectivity index (χ1) is 12.4. The van der Waals surface area contributed by atoms with E-state index < -0.39 is 16.5 Å². The lowest BCUT2D eigenvalue weighted by Gasteiger charge is -2.15. The van der Waals surface area contributed by atoms with Gasteiger partial charge in [0.15, 0.2) is 5.75 Å². The van der Waals surface area contributed by atoms with Crippen molar-refractivity contribution >= 4 is 23.2 Å². The zero-order valence-corrected chi connectivity index (χ0v) is 15.1. The standard InChI is InChI=1S/C17H17ClN2O6/c1-24-13-8-11(14(20(22)23)16(26-3)15(13)25-2)17(21)19-9-10-6-4-5-7-12(10)18/h4-8H,9H2,1-3H3,(H,19,21). The van der Waals surface area contributed by atoms with Gasteiger partial charge in [-0.05, 0) is 11.6 Å². The highest BCUT2D eigenvalue weighted by Gasteiger charge is 2.32. The Labute approximate surface area is 154 Å². The second-order valence-electron chi connectivity index (χ2n) is 5.07. The number of amides is 1. The van der Waals surface area contributed by atoms with Gasteiger partial charge in [0.05, 0.1) is 26.3 Å². The topological polar surface area (TPSA) is 99.9 Å². The van der Waals surface area contributed by atoms with Gasteiger partial charge in [-0.2, -0.15) is 0 Å². The molecule has 0 spiro atoms. The van der Waals surface area contributed by atoms with Gasteiger partial charge in [-0.1, -0.05) is 29.8 Å². The molecule has 0 aliphatic rings. The molecular formula is C17H17ClN2O6. The molecule has 8 nitrogen and oxygen atoms in total. The monoisotopic (exact) mass is 380 g/mol. The van der Waals surface area contributed by atoms with Crippen LogP contribution in [-0.4, -0.2) is 32.2 Å². The second kappa shape index (κ2) is 8.39. The molecule has 9 heteroatoms. The van der Waals surface area contributed by atoms with E-state index in [0.717, 1.165) is 0 Å². The molecule has 1 N–H and O–H groups in total. The van der Waals surface area contributed by atoms with E-state index in [1.807, 2.05) is 0 Å². The van der Waals surface area contributed by atoms with E-state index in [1.54, 1.807) is 24.3 Å². The molecule has 0 aliphatic carbocycles. The normalized spacial score (nSPS) is 10.2. The molecule has 26 heavy (non-hydrogen) atoms. The van der Waals surface area contributed by atoms with E-state index in [0.29, 0.717) is 10.6 Å². The van der Waals surface area contributed by atoms with Crippen LogP contribution in [0.25, 0.3) is 0 Å². The first-order valence-corrected chi connectivity index (χ1v) is 7.81. The number of hydrogen-bond acceptors (Lipinski definition) is 6. The van der Waals surface area contributed by atoms with Crippen LogP contribution in [0.3, 0.4) is 0 Å². The maximum Gasteiger partial charge on any atom is 0.327 e. The third-order valence-corrected chi connectivity index (χ3v) is 4.00. The minimum absolute atomic E-state index is 0.0318. The Morgan fingerprint density at radius 1 is 1.15 bits per heavy atom. The highest BCUT2D eigenvalue weighted by molar-refractivity contribution is 6.31. The van der Waals surface area contributed by atoms with Crippen molar-refractivity contribution in [2.24, 2.45) is 0 Å². The number of nitro groups is 1. The molecule has 0 heterocycles. The smallest absolute Gasteiger partial charge is 0.327 e. The fourth-order valence-corrected chi connectivity index (χ4v) is 2.61. The van der Waals surface area contributed by atoms with Crippen LogP contribution in [0.4, 0.5) is 5.69 Å². The maximum atomic E-state index is 12.6. The molecule has 138 valence electrons. The average molecular weight is 381 g/mol. The minimum atomic E-state index is -0.703. The van der Waals surface area contributed by atoms with Gasteiger partial charge in [-0.15, -0.1) is 0 Å². The number of halogens is 1. The summed E-state index contributed by atoms with van der Waals surface area (Å²) < 4.78 is 15.4. The molecule has 0 aromatic heterocycles. The van der Waals surface area contributed by atoms with E-state index in [9.17, 15) is 14.9 Å². The van der Waals surface area contributed by atoms with Crippen molar-refractivity contribution in [1.29, 1.82) is 0 Å². The van der Waals surface area contributed by atoms with Gasteiger partial charge >= 0.3 is 5.69 Å². The first kappa shape index (κ1) is 19.3. The summed E-state index contributed by atoms with van der Waals surface area (Å²) in [5, 5.41) is 14.6. The lowest BCUT2D eigenvalue weighted by Crippen LogP contribution is -2.24. The number of benzene rings is 2. The average Bonchev–Trinajstić information content (AvgIpc) is 2.64. The molecule has 2 rings (SSSR count). The highest BCUT2D eigenvalue weighted by atomic mass is 35.5. The summed E-state index contributed by atoms with van der Waals surface area (Å²) >= 11 is 6.05. The molecule has 0 saturated carbocycles. The molecule has 0 atom stereocenters. The number of rotatable bonds is 7. The van der Waals surface area contributed by atoms with Crippen LogP contribution in [0, 0.1) is 10.1 Å². The van der Waals surface area contributed by atoms with E-state index >= 15 is 0 Å². The van der Waals surface area contributed by atoms with Gasteiger partial charge in [-0.25, -0.2) is 0 Å². The number of carbonyl (C=O) groups is 1. The molecule has 0 aliphatic heterocycles. The number of ether oxygens (including phenoxy) is 3. The van der Waals surface area contributed by atoms with Crippen molar-refractivity contribution in [3.8, 4) is 17.2 Å². The summed E-state index contributed by atoms with van der Waals surface area (Å²) in [4.78, 5) is 23.4. The maximum absolute atomic E-state index is 12.6. The number of carbonyl (C=O) groups excluding carboxylic acids is 1. The van der Waals surface area contributed by atoms with Crippen molar-refractivity contribution in [2.75, 3.05) is 21.3 Å². The molecule has 0 saturated heterocycles. The predicted octanol–water partition coefficient (Wildman–Crippen LogP) is 3.20. The quantitative estimate of drug-likeness (QED) is 0.584. The van der Waals surface area contributed by atoms with E-state index in [1.165, 1.54) is 27.4 Å². The molecule has 1 amide bonds. The Hall–Kier alpha value is -3.00. The van der Waals surface area contributed by atoms with Gasteiger partial charge in [-0.3, -0.25) is 14.9 Å². The highest BCUT2D eigenvalue weighted by Crippen LogP contribution is 2.46. The summed E-state index contributed by atoms with van der Waals surface area (Å²) in [5.41, 5.74) is -0.0454. The molecule has 0 bridgehead atoms. The first-order valence-electron chi connectivity index (χ1n) is 7.43. The number of methoxy groups -OCH3 is 3. The summed E-state index contributed by atoms with van der Waals surface area (Å²) in [6, 6.07) is 8.20. The summed E-state index contributed by atoms with van der Waals surface area (Å²) in [5.74, 6) is -0.696. The predicted molar refractivity (Wildman–Crippen MR) is 95.4 cm³/mol. The number of nitrogens with one attached hydrogen (secondary N) is 1. The number of hydrogen-bond donors (Lipinski definition) is 1. The Kier molecular flexibility index (Phi) is 6.24. The van der Waals surface area contributed by atoms with Crippen molar-refractivity contribution < 1.29 is 23.9 Å². The molecule has 0 unspecified atom stereocenters. The van der Waals surface area contributed by atoms with Crippen molar-refractivity contribution in [3.05, 3.63) is 56.6 Å². The van der Waals surface area contributed by atoms with Gasteiger partial charge in [0.25, 0.3) is 5.91 Å². The summed E-state index contributed by atoms with van der Waals surface area (Å²) in [6.07, 6.45) is 0. The summed E-state index contributed by atoms with van der Waals surface area (Å²) in [7, 11) is 3.92. The Balaban J connectivity index is 2.45. The number of nitrogens with zero attached hydrogens (tertiary/aromatic N) is 1.